The number of hydrogen-bond acceptors (Lipinski definition) is 8. The van der Waals surface area contributed by atoms with Gasteiger partial charge in [-0.1, -0.05) is 393 Å². The molecule has 102 heavy (non-hydrogen) atoms. The summed E-state index contributed by atoms with van der Waals surface area (Å²) < 4.78 is 9.16. The molecule has 4 nitrogen and oxygen atoms in total. The van der Waals surface area contributed by atoms with Gasteiger partial charge in [0.1, 0.15) is 0 Å². The van der Waals surface area contributed by atoms with Crippen molar-refractivity contribution in [2.75, 3.05) is 13.1 Å². The van der Waals surface area contributed by atoms with E-state index in [4.69, 9.17) is 0 Å². The Balaban J connectivity index is 0.955. The Morgan fingerprint density at radius 1 is 0.275 bits per heavy atom. The third-order valence-electron chi connectivity index (χ3n) is 22.9. The molecule has 572 valence electrons. The van der Waals surface area contributed by atoms with Crippen LogP contribution in [-0.4, -0.2) is 34.7 Å². The lowest BCUT2D eigenvalue weighted by Crippen LogP contribution is -2.30. The van der Waals surface area contributed by atoms with Crippen molar-refractivity contribution in [1.29, 1.82) is 0 Å². The first-order valence-electron chi connectivity index (χ1n) is 44.1. The van der Waals surface area contributed by atoms with E-state index < -0.39 is 0 Å². The fourth-order valence-electron chi connectivity index (χ4n) is 16.5. The Hall–Kier alpha value is -2.60. The minimum atomic E-state index is 0.0422. The van der Waals surface area contributed by atoms with Crippen LogP contribution in [0.25, 0.3) is 49.3 Å². The molecule has 0 saturated heterocycles. The van der Waals surface area contributed by atoms with Gasteiger partial charge in [-0.15, -0.1) is 68.0 Å². The average Bonchev–Trinajstić information content (AvgIpc) is 1.56. The van der Waals surface area contributed by atoms with Gasteiger partial charge in [0, 0.05) is 22.8 Å². The third-order valence-corrected chi connectivity index (χ3v) is 30.5. The smallest absolute Gasteiger partial charge is 0.261 e. The summed E-state index contributed by atoms with van der Waals surface area (Å²) in [6.45, 7) is 10.6. The summed E-state index contributed by atoms with van der Waals surface area (Å²) in [6, 6.07) is 8.93. The van der Waals surface area contributed by atoms with Crippen LogP contribution in [0.2, 0.25) is 0 Å². The first-order chi connectivity index (χ1) is 50.5. The molecule has 0 spiro atoms. The Morgan fingerprint density at radius 2 is 0.588 bits per heavy atom. The quantitative estimate of drug-likeness (QED) is 0.0357. The Bertz CT molecular complexity index is 3230. The van der Waals surface area contributed by atoms with Gasteiger partial charge in [-0.05, 0) is 78.6 Å². The highest BCUT2D eigenvalue weighted by atomic mass is 32.1. The molecule has 2 amide bonds. The highest BCUT2D eigenvalue weighted by molar-refractivity contribution is 7.45. The summed E-state index contributed by atoms with van der Waals surface area (Å²) in [7, 11) is 0. The van der Waals surface area contributed by atoms with Gasteiger partial charge in [-0.2, -0.15) is 0 Å². The van der Waals surface area contributed by atoms with Crippen LogP contribution in [-0.2, 0) is 22.4 Å². The summed E-state index contributed by atoms with van der Waals surface area (Å²) in [4.78, 5) is 40.1. The van der Waals surface area contributed by atoms with Crippen LogP contribution in [0.1, 0.15) is 434 Å². The van der Waals surface area contributed by atoms with Crippen molar-refractivity contribution in [2.24, 2.45) is 0 Å². The lowest BCUT2D eigenvalue weighted by atomic mass is 10.0. The fraction of sp³-hybridized carbons (Fsp3) is 0.739. The maximum Gasteiger partial charge on any atom is 0.261 e. The van der Waals surface area contributed by atoms with E-state index in [9.17, 15) is 0 Å². The zero-order valence-corrected chi connectivity index (χ0v) is 70.8. The molecule has 0 N–H and O–H groups in total. The second-order valence-electron chi connectivity index (χ2n) is 31.7. The highest BCUT2D eigenvalue weighted by Gasteiger charge is 2.49. The average molecular weight is 1500 g/mol. The molecule has 2 aliphatic heterocycles. The first kappa shape index (κ1) is 85.0. The molecule has 0 fully saturated rings. The molecule has 0 atom stereocenters. The first-order valence-corrected chi connectivity index (χ1v) is 49.2. The minimum Gasteiger partial charge on any atom is -0.306 e. The van der Waals surface area contributed by atoms with Crippen molar-refractivity contribution >= 4 is 119 Å². The van der Waals surface area contributed by atoms with Crippen molar-refractivity contribution in [1.82, 2.24) is 9.80 Å². The molecule has 2 aliphatic rings. The van der Waals surface area contributed by atoms with Crippen molar-refractivity contribution in [2.45, 2.75) is 426 Å². The molecule has 8 heterocycles. The monoisotopic (exact) mass is 1500 g/mol. The molecular formula is C92H146N2O2S6. The van der Waals surface area contributed by atoms with Crippen LogP contribution < -0.4 is 0 Å². The lowest BCUT2D eigenvalue weighted by molar-refractivity contribution is -0.124. The van der Waals surface area contributed by atoms with Gasteiger partial charge >= 0.3 is 0 Å². The van der Waals surface area contributed by atoms with E-state index >= 15 is 9.59 Å². The molecule has 0 saturated carbocycles. The van der Waals surface area contributed by atoms with E-state index in [1.54, 1.807) is 27.2 Å². The van der Waals surface area contributed by atoms with Gasteiger partial charge in [-0.25, -0.2) is 0 Å². The number of carbonyl (C=O) groups is 2. The number of rotatable bonds is 67. The molecule has 6 aromatic rings. The van der Waals surface area contributed by atoms with Gasteiger partial charge in [0.2, 0.25) is 0 Å². The number of carbonyl (C=O) groups excluding carboxylic acids is 2. The van der Waals surface area contributed by atoms with E-state index in [2.05, 4.69) is 102 Å². The normalized spacial score (nSPS) is 13.6. The van der Waals surface area contributed by atoms with Gasteiger partial charge in [0.05, 0.1) is 60.5 Å². The highest BCUT2D eigenvalue weighted by Crippen LogP contribution is 2.56. The summed E-state index contributed by atoms with van der Waals surface area (Å²) in [5.41, 5.74) is 6.23. The summed E-state index contributed by atoms with van der Waals surface area (Å²) in [5, 5.41) is 4.64. The topological polar surface area (TPSA) is 40.6 Å². The van der Waals surface area contributed by atoms with Crippen LogP contribution >= 0.6 is 68.0 Å². The summed E-state index contributed by atoms with van der Waals surface area (Å²) >= 11 is 11.8. The Labute approximate surface area is 649 Å². The van der Waals surface area contributed by atoms with Crippen LogP contribution in [0.3, 0.4) is 0 Å². The van der Waals surface area contributed by atoms with E-state index in [-0.39, 0.29) is 11.8 Å². The molecule has 8 rings (SSSR count). The summed E-state index contributed by atoms with van der Waals surface area (Å²) in [6.07, 6.45) is 83.5. The SMILES string of the molecule is CCCCCCCCCCCCCCCCCc1csc2c1sc1c3sc(-c4ccc(C5=C6C(=O)N(CCCCCCCCCCCCCCCCC)C(c7cccs7)=C6C(=O)N5CCCCCCCCCCCCCCCCC)s4)c(CCCCCCCCCCCCCCCCC)c3sc21. The number of amides is 2. The second-order valence-corrected chi connectivity index (χ2v) is 37.6. The van der Waals surface area contributed by atoms with Crippen molar-refractivity contribution in [3.63, 3.8) is 0 Å². The second kappa shape index (κ2) is 52.5. The number of thiophene rings is 6. The Kier molecular flexibility index (Phi) is 43.7. The van der Waals surface area contributed by atoms with Crippen molar-refractivity contribution < 1.29 is 9.59 Å². The molecular weight excluding hydrogens is 1360 g/mol. The van der Waals surface area contributed by atoms with Gasteiger partial charge in [0.25, 0.3) is 11.8 Å². The number of aryl methyl sites for hydroxylation is 2. The zero-order chi connectivity index (χ0) is 71.3. The number of hydrogen-bond donors (Lipinski definition) is 0. The molecule has 10 heteroatoms. The van der Waals surface area contributed by atoms with Gasteiger partial charge < -0.3 is 9.80 Å². The predicted octanol–water partition coefficient (Wildman–Crippen LogP) is 33.6. The number of fused-ring (bicyclic) bond motifs is 6. The molecule has 0 aromatic carbocycles. The van der Waals surface area contributed by atoms with E-state index in [1.165, 1.54) is 399 Å². The zero-order valence-electron chi connectivity index (χ0n) is 65.9. The van der Waals surface area contributed by atoms with Crippen LogP contribution in [0.4, 0.5) is 0 Å². The van der Waals surface area contributed by atoms with Gasteiger partial charge in [-0.3, -0.25) is 9.59 Å². The molecule has 0 bridgehead atoms. The third kappa shape index (κ3) is 28.4. The van der Waals surface area contributed by atoms with Crippen molar-refractivity contribution in [3.05, 3.63) is 67.1 Å². The maximum absolute atomic E-state index is 15.5. The van der Waals surface area contributed by atoms with Crippen LogP contribution in [0.15, 0.2) is 46.2 Å². The van der Waals surface area contributed by atoms with Crippen LogP contribution in [0.5, 0.6) is 0 Å². The van der Waals surface area contributed by atoms with E-state index in [0.29, 0.717) is 24.2 Å². The maximum atomic E-state index is 15.5. The number of nitrogens with zero attached hydrogens (tertiary/aromatic N) is 2. The number of unbranched alkanes of at least 4 members (excludes halogenated alkanes) is 56. The molecule has 0 unspecified atom stereocenters. The van der Waals surface area contributed by atoms with Gasteiger partial charge in [0.15, 0.2) is 0 Å². The standard InChI is InChI=1S/C92H146N2O2S6/c1-5-9-13-17-21-25-29-33-37-41-45-49-53-57-61-66-75-74-98-87-84(75)100-90-88-86(102-89(87)90)76(67-62-58-54-50-46-42-38-34-30-26-22-18-14-10-6-2)85(101-88)79-70-69-78(99-79)83-81-80(91(95)94(83)72-64-60-56-52-48-44-40-36-32-28-24-20-16-12-8-4)82(77-68-65-73-97-77)93(92(81)96)71-63-59-55-51-47-43-39-35-31-27-23-19-15-11-7-3/h65,68-70,73-74H,5-64,66-67,71-72H2,1-4H3. The molecule has 6 aromatic heterocycles. The Morgan fingerprint density at radius 3 is 0.961 bits per heavy atom. The van der Waals surface area contributed by atoms with E-state index in [1.807, 2.05) is 27.6 Å². The molecule has 0 radical (unpaired) electrons. The van der Waals surface area contributed by atoms with Crippen molar-refractivity contribution in [3.8, 4) is 9.75 Å². The summed E-state index contributed by atoms with van der Waals surface area (Å²) in [5.74, 6) is 0.0844. The fourth-order valence-corrected chi connectivity index (χ4v) is 24.5. The molecule has 0 aliphatic carbocycles. The minimum absolute atomic E-state index is 0.0422. The van der Waals surface area contributed by atoms with Crippen LogP contribution in [0, 0.1) is 0 Å². The predicted molar refractivity (Wildman–Crippen MR) is 462 cm³/mol. The largest absolute Gasteiger partial charge is 0.306 e. The lowest BCUT2D eigenvalue weighted by Gasteiger charge is -2.24. The van der Waals surface area contributed by atoms with E-state index in [0.717, 1.165) is 53.3 Å².